The first-order chi connectivity index (χ1) is 12.3. The molecule has 25 heavy (non-hydrogen) atoms. The van der Waals surface area contributed by atoms with Crippen LogP contribution in [0.25, 0.3) is 21.7 Å². The standard InChI is InChI=1S/C19H14N2O3S/c22-18(23-11-17-21-15-8-4-5-9-16(15)24-17)10-14-12-25-19(20-14)13-6-2-1-3-7-13/h1-9,12H,10-11H2. The molecule has 0 amide bonds. The van der Waals surface area contributed by atoms with Gasteiger partial charge in [0.25, 0.3) is 0 Å². The maximum atomic E-state index is 12.0. The molecular weight excluding hydrogens is 336 g/mol. The number of benzene rings is 2. The van der Waals surface area contributed by atoms with Crippen molar-refractivity contribution < 1.29 is 13.9 Å². The minimum atomic E-state index is -0.354. The van der Waals surface area contributed by atoms with Crippen molar-refractivity contribution in [1.82, 2.24) is 9.97 Å². The van der Waals surface area contributed by atoms with E-state index in [1.54, 1.807) is 0 Å². The Hall–Kier alpha value is -2.99. The van der Waals surface area contributed by atoms with Crippen molar-refractivity contribution in [2.24, 2.45) is 0 Å². The van der Waals surface area contributed by atoms with E-state index in [0.717, 1.165) is 16.1 Å². The molecule has 0 spiro atoms. The van der Waals surface area contributed by atoms with Gasteiger partial charge in [0, 0.05) is 10.9 Å². The van der Waals surface area contributed by atoms with Crippen LogP contribution in [-0.2, 0) is 22.6 Å². The zero-order valence-electron chi connectivity index (χ0n) is 13.2. The van der Waals surface area contributed by atoms with Gasteiger partial charge >= 0.3 is 5.97 Å². The molecule has 0 bridgehead atoms. The molecule has 0 unspecified atom stereocenters. The van der Waals surface area contributed by atoms with Gasteiger partial charge in [-0.05, 0) is 12.1 Å². The average molecular weight is 350 g/mol. The van der Waals surface area contributed by atoms with E-state index in [4.69, 9.17) is 9.15 Å². The van der Waals surface area contributed by atoms with Crippen molar-refractivity contribution in [2.45, 2.75) is 13.0 Å². The fourth-order valence-corrected chi connectivity index (χ4v) is 3.25. The average Bonchev–Trinajstić information content (AvgIpc) is 3.27. The van der Waals surface area contributed by atoms with Gasteiger partial charge in [-0.15, -0.1) is 11.3 Å². The summed E-state index contributed by atoms with van der Waals surface area (Å²) in [6, 6.07) is 17.3. The van der Waals surface area contributed by atoms with Crippen molar-refractivity contribution in [1.29, 1.82) is 0 Å². The van der Waals surface area contributed by atoms with Crippen LogP contribution in [0.4, 0.5) is 0 Å². The number of rotatable bonds is 5. The predicted molar refractivity (Wildman–Crippen MR) is 95.1 cm³/mol. The summed E-state index contributed by atoms with van der Waals surface area (Å²) in [5.74, 6) is 0.0324. The highest BCUT2D eigenvalue weighted by molar-refractivity contribution is 7.13. The Bertz CT molecular complexity index is 975. The van der Waals surface area contributed by atoms with Gasteiger partial charge in [-0.25, -0.2) is 9.97 Å². The lowest BCUT2D eigenvalue weighted by Crippen LogP contribution is -2.08. The maximum absolute atomic E-state index is 12.0. The second kappa shape index (κ2) is 6.86. The number of carbonyl (C=O) groups is 1. The molecule has 0 atom stereocenters. The smallest absolute Gasteiger partial charge is 0.312 e. The molecule has 0 radical (unpaired) electrons. The third-order valence-corrected chi connectivity index (χ3v) is 4.53. The number of hydrogen-bond donors (Lipinski definition) is 0. The third kappa shape index (κ3) is 3.59. The highest BCUT2D eigenvalue weighted by Crippen LogP contribution is 2.23. The Labute approximate surface area is 147 Å². The summed E-state index contributed by atoms with van der Waals surface area (Å²) in [7, 11) is 0. The number of thiazole rings is 1. The summed E-state index contributed by atoms with van der Waals surface area (Å²) < 4.78 is 10.8. The number of nitrogens with zero attached hydrogens (tertiary/aromatic N) is 2. The first-order valence-corrected chi connectivity index (χ1v) is 8.66. The number of esters is 1. The molecule has 2 heterocycles. The molecule has 4 rings (SSSR count). The lowest BCUT2D eigenvalue weighted by Gasteiger charge is -2.00. The summed E-state index contributed by atoms with van der Waals surface area (Å²) >= 11 is 1.51. The van der Waals surface area contributed by atoms with Gasteiger partial charge in [0.15, 0.2) is 12.2 Å². The van der Waals surface area contributed by atoms with Gasteiger partial charge in [-0.3, -0.25) is 4.79 Å². The van der Waals surface area contributed by atoms with Crippen molar-refractivity contribution in [3.05, 3.63) is 71.6 Å². The molecule has 2 aromatic carbocycles. The highest BCUT2D eigenvalue weighted by atomic mass is 32.1. The molecule has 0 aliphatic rings. The summed E-state index contributed by atoms with van der Waals surface area (Å²) in [6.45, 7) is 0.0171. The first kappa shape index (κ1) is 15.5. The third-order valence-electron chi connectivity index (χ3n) is 3.59. The molecule has 0 saturated heterocycles. The van der Waals surface area contributed by atoms with Gasteiger partial charge < -0.3 is 9.15 Å². The molecule has 5 nitrogen and oxygen atoms in total. The van der Waals surface area contributed by atoms with Crippen LogP contribution < -0.4 is 0 Å². The molecule has 0 aliphatic heterocycles. The predicted octanol–water partition coefficient (Wildman–Crippen LogP) is 4.24. The molecule has 4 aromatic rings. The molecular formula is C19H14N2O3S. The lowest BCUT2D eigenvalue weighted by molar-refractivity contribution is -0.144. The minimum absolute atomic E-state index is 0.0171. The second-order valence-corrected chi connectivity index (χ2v) is 6.28. The van der Waals surface area contributed by atoms with Crippen LogP contribution in [0.5, 0.6) is 0 Å². The quantitative estimate of drug-likeness (QED) is 0.504. The number of hydrogen-bond acceptors (Lipinski definition) is 6. The van der Waals surface area contributed by atoms with Crippen LogP contribution in [0.2, 0.25) is 0 Å². The van der Waals surface area contributed by atoms with Crippen LogP contribution in [0.15, 0.2) is 64.4 Å². The number of aromatic nitrogens is 2. The highest BCUT2D eigenvalue weighted by Gasteiger charge is 2.12. The van der Waals surface area contributed by atoms with Crippen LogP contribution in [0.3, 0.4) is 0 Å². The van der Waals surface area contributed by atoms with E-state index < -0.39 is 0 Å². The van der Waals surface area contributed by atoms with Crippen molar-refractivity contribution >= 4 is 28.4 Å². The SMILES string of the molecule is O=C(Cc1csc(-c2ccccc2)n1)OCc1nc2ccccc2o1. The Kier molecular flexibility index (Phi) is 4.26. The van der Waals surface area contributed by atoms with Crippen LogP contribution in [0, 0.1) is 0 Å². The number of fused-ring (bicyclic) bond motifs is 1. The maximum Gasteiger partial charge on any atom is 0.312 e. The molecule has 0 N–H and O–H groups in total. The molecule has 6 heteroatoms. The van der Waals surface area contributed by atoms with Gasteiger partial charge in [-0.2, -0.15) is 0 Å². The number of para-hydroxylation sites is 2. The van der Waals surface area contributed by atoms with Crippen molar-refractivity contribution in [3.63, 3.8) is 0 Å². The van der Waals surface area contributed by atoms with Gasteiger partial charge in [-0.1, -0.05) is 42.5 Å². The molecule has 0 saturated carbocycles. The largest absolute Gasteiger partial charge is 0.455 e. The van der Waals surface area contributed by atoms with E-state index in [1.807, 2.05) is 60.0 Å². The first-order valence-electron chi connectivity index (χ1n) is 7.78. The van der Waals surface area contributed by atoms with Crippen LogP contribution >= 0.6 is 11.3 Å². The van der Waals surface area contributed by atoms with Crippen molar-refractivity contribution in [2.75, 3.05) is 0 Å². The van der Waals surface area contributed by atoms with E-state index in [0.29, 0.717) is 17.2 Å². The Balaban J connectivity index is 1.37. The van der Waals surface area contributed by atoms with E-state index in [-0.39, 0.29) is 19.0 Å². The number of oxazole rings is 1. The zero-order valence-corrected chi connectivity index (χ0v) is 14.0. The molecule has 124 valence electrons. The van der Waals surface area contributed by atoms with E-state index >= 15 is 0 Å². The molecule has 2 aromatic heterocycles. The Morgan fingerprint density at radius 1 is 1.04 bits per heavy atom. The van der Waals surface area contributed by atoms with E-state index in [2.05, 4.69) is 9.97 Å². The Morgan fingerprint density at radius 2 is 1.84 bits per heavy atom. The number of carbonyl (C=O) groups excluding carboxylic acids is 1. The van der Waals surface area contributed by atoms with Crippen LogP contribution in [-0.4, -0.2) is 15.9 Å². The summed E-state index contributed by atoms with van der Waals surface area (Å²) in [5, 5.41) is 2.77. The van der Waals surface area contributed by atoms with E-state index in [9.17, 15) is 4.79 Å². The monoisotopic (exact) mass is 350 g/mol. The zero-order chi connectivity index (χ0) is 17.1. The Morgan fingerprint density at radius 3 is 2.68 bits per heavy atom. The number of ether oxygens (including phenoxy) is 1. The van der Waals surface area contributed by atoms with Gasteiger partial charge in [0.05, 0.1) is 12.1 Å². The summed E-state index contributed by atoms with van der Waals surface area (Å²) in [4.78, 5) is 20.8. The summed E-state index contributed by atoms with van der Waals surface area (Å²) in [5.41, 5.74) is 3.17. The fourth-order valence-electron chi connectivity index (χ4n) is 2.42. The minimum Gasteiger partial charge on any atom is -0.455 e. The normalized spacial score (nSPS) is 10.9. The van der Waals surface area contributed by atoms with Crippen molar-refractivity contribution in [3.8, 4) is 10.6 Å². The van der Waals surface area contributed by atoms with Gasteiger partial charge in [0.2, 0.25) is 5.89 Å². The van der Waals surface area contributed by atoms with Crippen LogP contribution in [0.1, 0.15) is 11.6 Å². The fraction of sp³-hybridized carbons (Fsp3) is 0.105. The molecule has 0 aliphatic carbocycles. The van der Waals surface area contributed by atoms with Gasteiger partial charge in [0.1, 0.15) is 10.5 Å². The summed E-state index contributed by atoms with van der Waals surface area (Å²) in [6.07, 6.45) is 0.129. The van der Waals surface area contributed by atoms with E-state index in [1.165, 1.54) is 11.3 Å². The second-order valence-electron chi connectivity index (χ2n) is 5.42. The topological polar surface area (TPSA) is 65.2 Å². The lowest BCUT2D eigenvalue weighted by atomic mass is 10.2. The molecule has 0 fully saturated rings.